The molecule has 4 rings (SSSR count). The summed E-state index contributed by atoms with van der Waals surface area (Å²) in [5.74, 6) is 1.53. The largest absolute Gasteiger partial charge is 0.490 e. The third-order valence-corrected chi connectivity index (χ3v) is 6.48. The van der Waals surface area contributed by atoms with Crippen LogP contribution in [0.4, 0.5) is 0 Å². The Bertz CT molecular complexity index is 1330. The van der Waals surface area contributed by atoms with Gasteiger partial charge < -0.3 is 23.5 Å². The van der Waals surface area contributed by atoms with Gasteiger partial charge >= 0.3 is 0 Å². The summed E-state index contributed by atoms with van der Waals surface area (Å²) in [6.07, 6.45) is 0.926. The fraction of sp³-hybridized carbons (Fsp3) is 0.448. The lowest BCUT2D eigenvalue weighted by atomic mass is 9.96. The predicted molar refractivity (Wildman–Crippen MR) is 139 cm³/mol. The predicted octanol–water partition coefficient (Wildman–Crippen LogP) is 5.43. The fourth-order valence-electron chi connectivity index (χ4n) is 4.77. The highest BCUT2D eigenvalue weighted by Crippen LogP contribution is 2.41. The monoisotopic (exact) mass is 493 g/mol. The quantitative estimate of drug-likeness (QED) is 0.375. The third-order valence-electron chi connectivity index (χ3n) is 6.48. The fourth-order valence-corrected chi connectivity index (χ4v) is 4.77. The van der Waals surface area contributed by atoms with Crippen LogP contribution in [0.2, 0.25) is 0 Å². The maximum Gasteiger partial charge on any atom is 0.290 e. The Morgan fingerprint density at radius 2 is 1.81 bits per heavy atom. The first-order chi connectivity index (χ1) is 17.3. The normalized spacial score (nSPS) is 15.1. The smallest absolute Gasteiger partial charge is 0.290 e. The number of ether oxygens (including phenoxy) is 3. The molecule has 1 atom stereocenters. The summed E-state index contributed by atoms with van der Waals surface area (Å²) in [7, 11) is 1.59. The molecule has 1 unspecified atom stereocenters. The molecule has 0 saturated carbocycles. The minimum atomic E-state index is -0.618. The molecule has 1 amide bonds. The lowest BCUT2D eigenvalue weighted by molar-refractivity contribution is 0.0663. The Morgan fingerprint density at radius 3 is 2.50 bits per heavy atom. The Morgan fingerprint density at radius 1 is 1.03 bits per heavy atom. The van der Waals surface area contributed by atoms with Gasteiger partial charge in [-0.1, -0.05) is 26.0 Å². The van der Waals surface area contributed by atoms with E-state index in [4.69, 9.17) is 18.6 Å². The second-order valence-corrected chi connectivity index (χ2v) is 9.69. The lowest BCUT2D eigenvalue weighted by Crippen LogP contribution is -2.32. The van der Waals surface area contributed by atoms with Gasteiger partial charge in [0.15, 0.2) is 16.9 Å². The Labute approximate surface area is 212 Å². The lowest BCUT2D eigenvalue weighted by Gasteiger charge is -2.25. The average Bonchev–Trinajstić information content (AvgIpc) is 3.10. The molecule has 0 fully saturated rings. The van der Waals surface area contributed by atoms with Crippen molar-refractivity contribution >= 4 is 16.9 Å². The maximum atomic E-state index is 13.9. The molecule has 1 aliphatic heterocycles. The van der Waals surface area contributed by atoms with Crippen LogP contribution < -0.4 is 14.9 Å². The molecule has 0 radical (unpaired) electrons. The average molecular weight is 494 g/mol. The summed E-state index contributed by atoms with van der Waals surface area (Å²) in [4.78, 5) is 29.0. The van der Waals surface area contributed by atoms with Crippen LogP contribution in [-0.2, 0) is 4.74 Å². The molecule has 7 nitrogen and oxygen atoms in total. The van der Waals surface area contributed by atoms with E-state index in [-0.39, 0.29) is 17.1 Å². The second-order valence-electron chi connectivity index (χ2n) is 9.69. The number of hydrogen-bond acceptors (Lipinski definition) is 6. The van der Waals surface area contributed by atoms with E-state index in [1.165, 1.54) is 0 Å². The number of benzene rings is 2. The minimum Gasteiger partial charge on any atom is -0.490 e. The number of aryl methyl sites for hydroxylation is 2. The van der Waals surface area contributed by atoms with E-state index >= 15 is 0 Å². The SMILES string of the molecule is CCOc1cc(C2c3c(oc4cc(C)cc(C)c4c3=O)C(=O)N2CCOC)ccc1OCCC(C)C. The first-order valence-corrected chi connectivity index (χ1v) is 12.5. The number of rotatable bonds is 10. The van der Waals surface area contributed by atoms with Gasteiger partial charge in [-0.05, 0) is 68.0 Å². The third kappa shape index (κ3) is 4.85. The molecule has 1 aromatic heterocycles. The standard InChI is InChI=1S/C29H35NO6/c1-7-34-22-16-20(8-9-21(22)35-12-10-17(2)3)26-25-27(31)24-19(5)14-18(4)15-23(24)36-28(25)29(32)30(26)11-13-33-6/h8-9,14-17,26H,7,10-13H2,1-6H3. The van der Waals surface area contributed by atoms with Crippen molar-refractivity contribution < 1.29 is 23.4 Å². The zero-order valence-corrected chi connectivity index (χ0v) is 22.0. The van der Waals surface area contributed by atoms with Crippen molar-refractivity contribution in [3.05, 3.63) is 68.6 Å². The summed E-state index contributed by atoms with van der Waals surface area (Å²) in [5.41, 5.74) is 3.15. The Balaban J connectivity index is 1.86. The van der Waals surface area contributed by atoms with Crippen LogP contribution in [0.5, 0.6) is 11.5 Å². The van der Waals surface area contributed by atoms with E-state index in [0.717, 1.165) is 23.1 Å². The highest BCUT2D eigenvalue weighted by Gasteiger charge is 2.43. The maximum absolute atomic E-state index is 13.9. The molecule has 2 heterocycles. The van der Waals surface area contributed by atoms with E-state index in [2.05, 4.69) is 13.8 Å². The van der Waals surface area contributed by atoms with Crippen LogP contribution in [0, 0.1) is 19.8 Å². The first kappa shape index (κ1) is 25.8. The summed E-state index contributed by atoms with van der Waals surface area (Å²) in [6.45, 7) is 11.7. The van der Waals surface area contributed by atoms with Crippen molar-refractivity contribution in [3.63, 3.8) is 0 Å². The molecule has 0 spiro atoms. The molecule has 2 aromatic carbocycles. The van der Waals surface area contributed by atoms with E-state index < -0.39 is 6.04 Å². The van der Waals surface area contributed by atoms with Crippen molar-refractivity contribution in [1.29, 1.82) is 0 Å². The molecule has 3 aromatic rings. The van der Waals surface area contributed by atoms with E-state index in [9.17, 15) is 9.59 Å². The van der Waals surface area contributed by atoms with Gasteiger partial charge in [-0.3, -0.25) is 9.59 Å². The van der Waals surface area contributed by atoms with Gasteiger partial charge in [-0.2, -0.15) is 0 Å². The van der Waals surface area contributed by atoms with E-state index in [1.54, 1.807) is 18.1 Å². The van der Waals surface area contributed by atoms with Crippen molar-refractivity contribution in [2.75, 3.05) is 33.5 Å². The topological polar surface area (TPSA) is 78.2 Å². The summed E-state index contributed by atoms with van der Waals surface area (Å²) in [5, 5.41) is 0.504. The van der Waals surface area contributed by atoms with Gasteiger partial charge in [-0.25, -0.2) is 0 Å². The van der Waals surface area contributed by atoms with Crippen molar-refractivity contribution in [2.45, 2.75) is 47.1 Å². The van der Waals surface area contributed by atoms with Gasteiger partial charge in [0.05, 0.1) is 36.8 Å². The number of carbonyl (C=O) groups excluding carboxylic acids is 1. The molecular formula is C29H35NO6. The zero-order valence-electron chi connectivity index (χ0n) is 22.0. The van der Waals surface area contributed by atoms with Crippen LogP contribution in [0.1, 0.15) is 66.0 Å². The number of nitrogens with zero attached hydrogens (tertiary/aromatic N) is 1. The molecule has 192 valence electrons. The molecular weight excluding hydrogens is 458 g/mol. The molecule has 0 bridgehead atoms. The van der Waals surface area contributed by atoms with Crippen molar-refractivity contribution in [2.24, 2.45) is 5.92 Å². The molecule has 1 aliphatic rings. The van der Waals surface area contributed by atoms with Gasteiger partial charge in [0, 0.05) is 13.7 Å². The van der Waals surface area contributed by atoms with Crippen LogP contribution in [0.3, 0.4) is 0 Å². The van der Waals surface area contributed by atoms with Crippen molar-refractivity contribution in [3.8, 4) is 11.5 Å². The molecule has 0 aliphatic carbocycles. The minimum absolute atomic E-state index is 0.0915. The number of carbonyl (C=O) groups is 1. The van der Waals surface area contributed by atoms with Crippen LogP contribution in [0.15, 0.2) is 39.5 Å². The highest BCUT2D eigenvalue weighted by atomic mass is 16.5. The second kappa shape index (κ2) is 10.7. The number of methoxy groups -OCH3 is 1. The molecule has 7 heteroatoms. The Kier molecular flexibility index (Phi) is 7.69. The molecule has 36 heavy (non-hydrogen) atoms. The van der Waals surface area contributed by atoms with E-state index in [0.29, 0.717) is 60.3 Å². The zero-order chi connectivity index (χ0) is 26.0. The van der Waals surface area contributed by atoms with Gasteiger partial charge in [0.25, 0.3) is 5.91 Å². The molecule has 0 saturated heterocycles. The first-order valence-electron chi connectivity index (χ1n) is 12.5. The number of hydrogen-bond donors (Lipinski definition) is 0. The van der Waals surface area contributed by atoms with Crippen LogP contribution in [-0.4, -0.2) is 44.3 Å². The Hall–Kier alpha value is -3.32. The summed E-state index contributed by atoms with van der Waals surface area (Å²) in [6, 6.07) is 8.76. The van der Waals surface area contributed by atoms with E-state index in [1.807, 2.05) is 45.0 Å². The summed E-state index contributed by atoms with van der Waals surface area (Å²) >= 11 is 0. The number of fused-ring (bicyclic) bond motifs is 2. The van der Waals surface area contributed by atoms with Crippen LogP contribution in [0.25, 0.3) is 11.0 Å². The number of amides is 1. The van der Waals surface area contributed by atoms with Crippen LogP contribution >= 0.6 is 0 Å². The highest BCUT2D eigenvalue weighted by molar-refractivity contribution is 5.99. The van der Waals surface area contributed by atoms with Gasteiger partial charge in [-0.15, -0.1) is 0 Å². The summed E-state index contributed by atoms with van der Waals surface area (Å²) < 4.78 is 23.3. The van der Waals surface area contributed by atoms with Gasteiger partial charge in [0.1, 0.15) is 5.58 Å². The molecule has 0 N–H and O–H groups in total. The van der Waals surface area contributed by atoms with Crippen molar-refractivity contribution in [1.82, 2.24) is 4.90 Å². The van der Waals surface area contributed by atoms with Gasteiger partial charge in [0.2, 0.25) is 5.76 Å².